The molecule has 28 heavy (non-hydrogen) atoms. The number of imidazole rings is 1. The maximum atomic E-state index is 10.9. The third-order valence-corrected chi connectivity index (χ3v) is 5.61. The Morgan fingerprint density at radius 2 is 1.43 bits per heavy atom. The van der Waals surface area contributed by atoms with Crippen LogP contribution in [0.5, 0.6) is 0 Å². The lowest BCUT2D eigenvalue weighted by molar-refractivity contribution is -0.384. The van der Waals surface area contributed by atoms with Gasteiger partial charge in [-0.15, -0.1) is 0 Å². The number of nitro groups is 1. The number of rotatable bonds is 4. The second kappa shape index (κ2) is 8.00. The number of hydrogen-bond acceptors (Lipinski definition) is 3. The summed E-state index contributed by atoms with van der Waals surface area (Å²) in [5, 5.41) is 10.9. The van der Waals surface area contributed by atoms with E-state index in [1.54, 1.807) is 12.1 Å². The molecule has 0 atom stereocenters. The van der Waals surface area contributed by atoms with Crippen LogP contribution in [0.15, 0.2) is 72.8 Å². The molecule has 0 amide bonds. The van der Waals surface area contributed by atoms with Crippen molar-refractivity contribution in [2.45, 2.75) is 0 Å². The fraction of sp³-hybridized carbons (Fsp3) is 0. The Balaban J connectivity index is 1.87. The lowest BCUT2D eigenvalue weighted by Gasteiger charge is -2.04. The number of non-ortho nitro benzene ring substituents is 1. The van der Waals surface area contributed by atoms with Gasteiger partial charge in [-0.2, -0.15) is 0 Å². The van der Waals surface area contributed by atoms with Crippen LogP contribution in [0.2, 0.25) is 0 Å². The normalized spacial score (nSPS) is 10.8. The number of H-pyrrole nitrogens is 1. The summed E-state index contributed by atoms with van der Waals surface area (Å²) in [5.74, 6) is 0.678. The summed E-state index contributed by atoms with van der Waals surface area (Å²) in [7, 11) is 0. The smallest absolute Gasteiger partial charge is 0.269 e. The van der Waals surface area contributed by atoms with Gasteiger partial charge < -0.3 is 4.98 Å². The van der Waals surface area contributed by atoms with Crippen molar-refractivity contribution >= 4 is 50.9 Å². The van der Waals surface area contributed by atoms with Crippen LogP contribution in [0.1, 0.15) is 0 Å². The zero-order valence-electron chi connectivity index (χ0n) is 14.4. The minimum atomic E-state index is -0.402. The van der Waals surface area contributed by atoms with E-state index in [9.17, 15) is 10.1 Å². The monoisotopic (exact) mass is 593 g/mol. The number of hydrogen-bond donors (Lipinski definition) is 1. The van der Waals surface area contributed by atoms with Gasteiger partial charge in [-0.05, 0) is 81.6 Å². The molecule has 4 aromatic rings. The van der Waals surface area contributed by atoms with Crippen molar-refractivity contribution < 1.29 is 4.92 Å². The third kappa shape index (κ3) is 3.95. The van der Waals surface area contributed by atoms with E-state index < -0.39 is 4.92 Å². The maximum absolute atomic E-state index is 10.9. The van der Waals surface area contributed by atoms with Crippen LogP contribution >= 0.6 is 45.2 Å². The minimum absolute atomic E-state index is 0.0611. The van der Waals surface area contributed by atoms with Crippen molar-refractivity contribution in [1.29, 1.82) is 0 Å². The molecule has 7 heteroatoms. The molecule has 0 spiro atoms. The fourth-order valence-corrected chi connectivity index (χ4v) is 4.03. The maximum Gasteiger partial charge on any atom is 0.269 e. The molecule has 0 aliphatic carbocycles. The van der Waals surface area contributed by atoms with E-state index in [0.717, 1.165) is 35.2 Å². The molecule has 0 aliphatic rings. The molecule has 0 fully saturated rings. The van der Waals surface area contributed by atoms with E-state index in [1.165, 1.54) is 12.1 Å². The molecular formula is C21H13I2N3O2. The van der Waals surface area contributed by atoms with Gasteiger partial charge in [0.25, 0.3) is 5.69 Å². The molecule has 3 aromatic carbocycles. The van der Waals surface area contributed by atoms with Crippen molar-refractivity contribution in [3.05, 3.63) is 90.1 Å². The highest BCUT2D eigenvalue weighted by molar-refractivity contribution is 14.1. The van der Waals surface area contributed by atoms with Crippen LogP contribution in [0.3, 0.4) is 0 Å². The average Bonchev–Trinajstić information content (AvgIpc) is 3.13. The van der Waals surface area contributed by atoms with E-state index in [0.29, 0.717) is 5.82 Å². The van der Waals surface area contributed by atoms with Crippen molar-refractivity contribution in [3.8, 4) is 33.9 Å². The van der Waals surface area contributed by atoms with E-state index in [-0.39, 0.29) is 5.69 Å². The molecule has 0 bridgehead atoms. The summed E-state index contributed by atoms with van der Waals surface area (Å²) < 4.78 is 2.26. The summed E-state index contributed by atoms with van der Waals surface area (Å²) in [6, 6.07) is 22.8. The molecule has 0 radical (unpaired) electrons. The highest BCUT2D eigenvalue weighted by atomic mass is 127. The zero-order chi connectivity index (χ0) is 19.7. The standard InChI is InChI=1S/C21H13I2N3O2/c22-16-5-1-3-14(11-16)19-20(15-4-2-6-17(23)12-15)25-21(24-19)13-7-9-18(10-8-13)26(27)28/h1-12H,(H,24,25). The predicted molar refractivity (Wildman–Crippen MR) is 127 cm³/mol. The summed E-state index contributed by atoms with van der Waals surface area (Å²) in [5.41, 5.74) is 4.70. The summed E-state index contributed by atoms with van der Waals surface area (Å²) in [6.45, 7) is 0. The topological polar surface area (TPSA) is 71.8 Å². The van der Waals surface area contributed by atoms with Crippen molar-refractivity contribution in [3.63, 3.8) is 0 Å². The van der Waals surface area contributed by atoms with Crippen LogP contribution < -0.4 is 0 Å². The number of benzene rings is 3. The van der Waals surface area contributed by atoms with E-state index in [1.807, 2.05) is 36.4 Å². The first kappa shape index (κ1) is 19.1. The molecule has 0 aliphatic heterocycles. The Hall–Kier alpha value is -2.27. The summed E-state index contributed by atoms with van der Waals surface area (Å²) >= 11 is 4.58. The van der Waals surface area contributed by atoms with Gasteiger partial charge in [0.2, 0.25) is 0 Å². The second-order valence-electron chi connectivity index (χ2n) is 6.13. The Morgan fingerprint density at radius 1 is 0.821 bits per heavy atom. The van der Waals surface area contributed by atoms with Crippen LogP contribution in [0.25, 0.3) is 33.9 Å². The Kier molecular flexibility index (Phi) is 5.44. The van der Waals surface area contributed by atoms with E-state index >= 15 is 0 Å². The minimum Gasteiger partial charge on any atom is -0.337 e. The van der Waals surface area contributed by atoms with Gasteiger partial charge in [-0.3, -0.25) is 10.1 Å². The number of nitro benzene ring substituents is 1. The Labute approximate surface area is 188 Å². The van der Waals surface area contributed by atoms with Crippen molar-refractivity contribution in [2.75, 3.05) is 0 Å². The Morgan fingerprint density at radius 3 is 2.04 bits per heavy atom. The summed E-state index contributed by atoms with van der Waals surface area (Å²) in [6.07, 6.45) is 0. The molecule has 138 valence electrons. The van der Waals surface area contributed by atoms with E-state index in [2.05, 4.69) is 62.3 Å². The first-order valence-corrected chi connectivity index (χ1v) is 10.5. The highest BCUT2D eigenvalue weighted by Crippen LogP contribution is 2.34. The largest absolute Gasteiger partial charge is 0.337 e. The van der Waals surface area contributed by atoms with Crippen LogP contribution in [-0.4, -0.2) is 14.9 Å². The lowest BCUT2D eigenvalue weighted by atomic mass is 10.1. The molecular weight excluding hydrogens is 580 g/mol. The Bertz CT molecular complexity index is 1110. The van der Waals surface area contributed by atoms with Gasteiger partial charge >= 0.3 is 0 Å². The first-order valence-electron chi connectivity index (χ1n) is 8.38. The van der Waals surface area contributed by atoms with Crippen LogP contribution in [0.4, 0.5) is 5.69 Å². The van der Waals surface area contributed by atoms with Gasteiger partial charge in [0.05, 0.1) is 16.3 Å². The quantitative estimate of drug-likeness (QED) is 0.166. The second-order valence-corrected chi connectivity index (χ2v) is 8.62. The van der Waals surface area contributed by atoms with Crippen molar-refractivity contribution in [2.24, 2.45) is 0 Å². The summed E-state index contributed by atoms with van der Waals surface area (Å²) in [4.78, 5) is 18.8. The SMILES string of the molecule is O=[N+]([O-])c1ccc(-c2nc(-c3cccc(I)c3)c(-c3cccc(I)c3)[nH]2)cc1. The molecule has 5 nitrogen and oxygen atoms in total. The van der Waals surface area contributed by atoms with Crippen LogP contribution in [-0.2, 0) is 0 Å². The molecule has 1 N–H and O–H groups in total. The highest BCUT2D eigenvalue weighted by Gasteiger charge is 2.16. The van der Waals surface area contributed by atoms with E-state index in [4.69, 9.17) is 4.98 Å². The van der Waals surface area contributed by atoms with Gasteiger partial charge in [-0.25, -0.2) is 4.98 Å². The molecule has 0 saturated heterocycles. The molecule has 1 heterocycles. The zero-order valence-corrected chi connectivity index (χ0v) is 18.7. The van der Waals surface area contributed by atoms with Gasteiger partial charge in [-0.1, -0.05) is 24.3 Å². The van der Waals surface area contributed by atoms with Crippen molar-refractivity contribution in [1.82, 2.24) is 9.97 Å². The van der Waals surface area contributed by atoms with Gasteiger partial charge in [0.15, 0.2) is 0 Å². The molecule has 0 unspecified atom stereocenters. The number of nitrogens with zero attached hydrogens (tertiary/aromatic N) is 2. The third-order valence-electron chi connectivity index (χ3n) is 4.27. The number of nitrogens with one attached hydrogen (secondary N) is 1. The molecule has 1 aromatic heterocycles. The van der Waals surface area contributed by atoms with Gasteiger partial charge in [0, 0.05) is 36.0 Å². The predicted octanol–water partition coefficient (Wildman–Crippen LogP) is 6.53. The number of halogens is 2. The average molecular weight is 593 g/mol. The molecule has 0 saturated carbocycles. The first-order chi connectivity index (χ1) is 13.5. The molecule has 4 rings (SSSR count). The fourth-order valence-electron chi connectivity index (χ4n) is 2.95. The number of aromatic nitrogens is 2. The van der Waals surface area contributed by atoms with Crippen LogP contribution in [0, 0.1) is 17.3 Å². The van der Waals surface area contributed by atoms with Gasteiger partial charge in [0.1, 0.15) is 5.82 Å². The lowest BCUT2D eigenvalue weighted by Crippen LogP contribution is -1.88. The number of aromatic amines is 1.